The Hall–Kier alpha value is -2.33. The summed E-state index contributed by atoms with van der Waals surface area (Å²) in [6.07, 6.45) is -3.12. The Morgan fingerprint density at radius 3 is 2.28 bits per heavy atom. The van der Waals surface area contributed by atoms with Crippen molar-refractivity contribution in [1.29, 1.82) is 0 Å². The molecule has 0 spiro atoms. The second-order valence-electron chi connectivity index (χ2n) is 8.71. The van der Waals surface area contributed by atoms with Crippen LogP contribution in [0.5, 0.6) is 0 Å². The Morgan fingerprint density at radius 1 is 1.16 bits per heavy atom. The second kappa shape index (κ2) is 11.5. The van der Waals surface area contributed by atoms with E-state index in [0.29, 0.717) is 12.5 Å². The number of nitrogens with zero attached hydrogens (tertiary/aromatic N) is 2. The van der Waals surface area contributed by atoms with Gasteiger partial charge in [0.2, 0.25) is 0 Å². The van der Waals surface area contributed by atoms with Gasteiger partial charge in [0.25, 0.3) is 0 Å². The quantitative estimate of drug-likeness (QED) is 0.719. The molecule has 7 nitrogen and oxygen atoms in total. The lowest BCUT2D eigenvalue weighted by molar-refractivity contribution is -0.192. The second-order valence-corrected chi connectivity index (χ2v) is 8.71. The third-order valence-electron chi connectivity index (χ3n) is 5.77. The molecule has 2 aliphatic rings. The van der Waals surface area contributed by atoms with Crippen molar-refractivity contribution in [2.45, 2.75) is 45.0 Å². The maximum absolute atomic E-state index is 12.3. The number of hydrogen-bond acceptors (Lipinski definition) is 5. The van der Waals surface area contributed by atoms with Gasteiger partial charge in [0, 0.05) is 44.8 Å². The highest BCUT2D eigenvalue weighted by molar-refractivity contribution is 5.73. The Balaban J connectivity index is 0.000000451. The molecule has 180 valence electrons. The predicted octanol–water partition coefficient (Wildman–Crippen LogP) is 3.35. The molecule has 1 aromatic rings. The van der Waals surface area contributed by atoms with E-state index in [1.54, 1.807) is 0 Å². The fourth-order valence-electron chi connectivity index (χ4n) is 3.78. The number of alkyl halides is 3. The number of carboxylic acids is 1. The summed E-state index contributed by atoms with van der Waals surface area (Å²) in [4.78, 5) is 25.6. The van der Waals surface area contributed by atoms with Crippen molar-refractivity contribution >= 4 is 12.1 Å². The van der Waals surface area contributed by atoms with Crippen LogP contribution in [0, 0.1) is 5.92 Å². The molecule has 0 atom stereocenters. The van der Waals surface area contributed by atoms with Crippen molar-refractivity contribution in [3.05, 3.63) is 35.9 Å². The number of piperidine rings is 1. The zero-order valence-electron chi connectivity index (χ0n) is 18.5. The number of amides is 1. The molecule has 2 heterocycles. The fraction of sp³-hybridized carbons (Fsp3) is 0.636. The summed E-state index contributed by atoms with van der Waals surface area (Å²) >= 11 is 0. The molecule has 0 bridgehead atoms. The van der Waals surface area contributed by atoms with Crippen LogP contribution in [0.1, 0.15) is 32.3 Å². The molecule has 0 aliphatic carbocycles. The number of rotatable bonds is 4. The minimum absolute atomic E-state index is 0.176. The molecule has 32 heavy (non-hydrogen) atoms. The minimum Gasteiger partial charge on any atom is -0.475 e. The summed E-state index contributed by atoms with van der Waals surface area (Å²) in [5.74, 6) is -2.08. The van der Waals surface area contributed by atoms with Gasteiger partial charge in [-0.25, -0.2) is 9.59 Å². The SMILES string of the molecule is CC1(C)CNCCN1CC1CCN(C(=O)OCc2ccccc2)CC1.O=C(O)C(F)(F)F. The molecule has 2 fully saturated rings. The van der Waals surface area contributed by atoms with Gasteiger partial charge in [-0.1, -0.05) is 30.3 Å². The summed E-state index contributed by atoms with van der Waals surface area (Å²) in [6, 6.07) is 9.86. The van der Waals surface area contributed by atoms with Gasteiger partial charge >= 0.3 is 18.2 Å². The third-order valence-corrected chi connectivity index (χ3v) is 5.77. The number of hydrogen-bond donors (Lipinski definition) is 2. The zero-order valence-corrected chi connectivity index (χ0v) is 18.5. The highest BCUT2D eigenvalue weighted by Gasteiger charge is 2.38. The average Bonchev–Trinajstić information content (AvgIpc) is 2.74. The van der Waals surface area contributed by atoms with Crippen molar-refractivity contribution in [2.75, 3.05) is 39.3 Å². The summed E-state index contributed by atoms with van der Waals surface area (Å²) < 4.78 is 37.2. The van der Waals surface area contributed by atoms with Crippen LogP contribution in [-0.4, -0.2) is 78.0 Å². The predicted molar refractivity (Wildman–Crippen MR) is 113 cm³/mol. The van der Waals surface area contributed by atoms with Gasteiger partial charge in [-0.3, -0.25) is 4.90 Å². The van der Waals surface area contributed by atoms with Gasteiger partial charge in [0.05, 0.1) is 0 Å². The number of carbonyl (C=O) groups is 2. The van der Waals surface area contributed by atoms with Gasteiger partial charge in [-0.05, 0) is 38.2 Å². The van der Waals surface area contributed by atoms with E-state index >= 15 is 0 Å². The number of likely N-dealkylation sites (tertiary alicyclic amines) is 1. The lowest BCUT2D eigenvalue weighted by atomic mass is 9.92. The maximum atomic E-state index is 12.3. The van der Waals surface area contributed by atoms with E-state index in [-0.39, 0.29) is 11.6 Å². The molecular weight excluding hydrogens is 427 g/mol. The first kappa shape index (κ1) is 25.9. The molecule has 0 aromatic heterocycles. The van der Waals surface area contributed by atoms with Gasteiger partial charge in [-0.15, -0.1) is 0 Å². The number of ether oxygens (including phenoxy) is 1. The summed E-state index contributed by atoms with van der Waals surface area (Å²) in [5.41, 5.74) is 1.26. The molecule has 2 saturated heterocycles. The monoisotopic (exact) mass is 459 g/mol. The molecule has 0 saturated carbocycles. The topological polar surface area (TPSA) is 82.1 Å². The average molecular weight is 460 g/mol. The lowest BCUT2D eigenvalue weighted by Gasteiger charge is -2.45. The summed E-state index contributed by atoms with van der Waals surface area (Å²) in [7, 11) is 0. The molecule has 10 heteroatoms. The highest BCUT2D eigenvalue weighted by Crippen LogP contribution is 2.24. The van der Waals surface area contributed by atoms with Crippen molar-refractivity contribution in [3.8, 4) is 0 Å². The van der Waals surface area contributed by atoms with Crippen molar-refractivity contribution in [2.24, 2.45) is 5.92 Å². The third kappa shape index (κ3) is 8.31. The smallest absolute Gasteiger partial charge is 0.475 e. The first-order chi connectivity index (χ1) is 15.0. The van der Waals surface area contributed by atoms with Crippen LogP contribution in [0.2, 0.25) is 0 Å². The Morgan fingerprint density at radius 2 is 1.75 bits per heavy atom. The van der Waals surface area contributed by atoms with E-state index in [4.69, 9.17) is 14.6 Å². The molecule has 0 radical (unpaired) electrons. The summed E-state index contributed by atoms with van der Waals surface area (Å²) in [5, 5.41) is 10.6. The Bertz CT molecular complexity index is 736. The number of benzene rings is 1. The first-order valence-electron chi connectivity index (χ1n) is 10.7. The molecule has 0 unspecified atom stereocenters. The largest absolute Gasteiger partial charge is 0.490 e. The van der Waals surface area contributed by atoms with Gasteiger partial charge in [0.1, 0.15) is 6.61 Å². The Kier molecular flexibility index (Phi) is 9.33. The van der Waals surface area contributed by atoms with Crippen LogP contribution >= 0.6 is 0 Å². The van der Waals surface area contributed by atoms with Gasteiger partial charge < -0.3 is 20.1 Å². The summed E-state index contributed by atoms with van der Waals surface area (Å²) in [6.45, 7) is 11.0. The molecule has 3 rings (SSSR count). The molecular formula is C22H32F3N3O4. The van der Waals surface area contributed by atoms with Crippen molar-refractivity contribution in [1.82, 2.24) is 15.1 Å². The number of piperazine rings is 1. The van der Waals surface area contributed by atoms with E-state index in [1.807, 2.05) is 35.2 Å². The number of nitrogens with one attached hydrogen (secondary N) is 1. The van der Waals surface area contributed by atoms with E-state index in [1.165, 1.54) is 0 Å². The number of carboxylic acid groups (broad SMARTS) is 1. The van der Waals surface area contributed by atoms with Gasteiger partial charge in [0.15, 0.2) is 0 Å². The molecule has 1 aromatic carbocycles. The van der Waals surface area contributed by atoms with E-state index in [0.717, 1.165) is 57.7 Å². The van der Waals surface area contributed by atoms with Crippen LogP contribution in [0.15, 0.2) is 30.3 Å². The van der Waals surface area contributed by atoms with Crippen LogP contribution in [0.4, 0.5) is 18.0 Å². The number of halogens is 3. The zero-order chi connectivity index (χ0) is 23.8. The Labute approximate surface area is 186 Å². The van der Waals surface area contributed by atoms with Crippen molar-refractivity contribution in [3.63, 3.8) is 0 Å². The van der Waals surface area contributed by atoms with Gasteiger partial charge in [-0.2, -0.15) is 13.2 Å². The molecule has 2 N–H and O–H groups in total. The molecule has 1 amide bonds. The normalized spacial score (nSPS) is 19.6. The van der Waals surface area contributed by atoms with Crippen LogP contribution in [-0.2, 0) is 16.1 Å². The molecule has 2 aliphatic heterocycles. The number of carbonyl (C=O) groups excluding carboxylic acids is 1. The first-order valence-corrected chi connectivity index (χ1v) is 10.7. The van der Waals surface area contributed by atoms with E-state index in [9.17, 15) is 18.0 Å². The highest BCUT2D eigenvalue weighted by atomic mass is 19.4. The fourth-order valence-corrected chi connectivity index (χ4v) is 3.78. The van der Waals surface area contributed by atoms with Crippen molar-refractivity contribution < 1.29 is 32.6 Å². The van der Waals surface area contributed by atoms with Crippen LogP contribution in [0.25, 0.3) is 0 Å². The maximum Gasteiger partial charge on any atom is 0.490 e. The lowest BCUT2D eigenvalue weighted by Crippen LogP contribution is -2.59. The van der Waals surface area contributed by atoms with Crippen LogP contribution in [0.3, 0.4) is 0 Å². The standard InChI is InChI=1S/C20H31N3O2.C2HF3O2/c1-20(2)16-21-10-13-23(20)14-17-8-11-22(12-9-17)19(24)25-15-18-6-4-3-5-7-18;3-2(4,5)1(6)7/h3-7,17,21H,8-16H2,1-2H3;(H,6,7). The van der Waals surface area contributed by atoms with Crippen LogP contribution < -0.4 is 5.32 Å². The van der Waals surface area contributed by atoms with E-state index in [2.05, 4.69) is 24.1 Å². The minimum atomic E-state index is -5.08. The number of aliphatic carboxylic acids is 1. The van der Waals surface area contributed by atoms with E-state index < -0.39 is 12.1 Å².